The van der Waals surface area contributed by atoms with Gasteiger partial charge < -0.3 is 21.0 Å². The molecule has 0 bridgehead atoms. The molecule has 4 rings (SSSR count). The average molecular weight is 422 g/mol. The minimum Gasteiger partial charge on any atom is -0.368 e. The highest BCUT2D eigenvalue weighted by Crippen LogP contribution is 2.31. The number of imidazole rings is 1. The molecule has 0 saturated heterocycles. The molecule has 3 aromatic rings. The van der Waals surface area contributed by atoms with Gasteiger partial charge in [-0.05, 0) is 24.8 Å². The van der Waals surface area contributed by atoms with Gasteiger partial charge in [-0.15, -0.1) is 0 Å². The van der Waals surface area contributed by atoms with E-state index in [1.807, 2.05) is 12.1 Å². The van der Waals surface area contributed by atoms with Gasteiger partial charge in [-0.3, -0.25) is 9.59 Å². The third-order valence-corrected chi connectivity index (χ3v) is 6.42. The Morgan fingerprint density at radius 3 is 2.81 bits per heavy atom. The minimum absolute atomic E-state index is 0.243. The van der Waals surface area contributed by atoms with Crippen molar-refractivity contribution in [2.24, 2.45) is 11.7 Å². The molecule has 1 amide bonds. The van der Waals surface area contributed by atoms with E-state index in [1.165, 1.54) is 49.5 Å². The fourth-order valence-electron chi connectivity index (χ4n) is 4.77. The van der Waals surface area contributed by atoms with Gasteiger partial charge in [-0.2, -0.15) is 0 Å². The smallest absolute Gasteiger partial charge is 0.240 e. The van der Waals surface area contributed by atoms with E-state index in [0.717, 1.165) is 30.1 Å². The van der Waals surface area contributed by atoms with Crippen molar-refractivity contribution in [1.29, 1.82) is 0 Å². The number of fused-ring (bicyclic) bond motifs is 1. The number of aromatic nitrogens is 3. The Kier molecular flexibility index (Phi) is 6.70. The van der Waals surface area contributed by atoms with Gasteiger partial charge in [0.15, 0.2) is 12.1 Å². The summed E-state index contributed by atoms with van der Waals surface area (Å²) in [6.07, 6.45) is 12.7. The van der Waals surface area contributed by atoms with Crippen LogP contribution in [0.15, 0.2) is 30.5 Å². The number of aromatic amines is 2. The molecule has 2 heterocycles. The number of benzene rings is 1. The van der Waals surface area contributed by atoms with Crippen LogP contribution in [0.4, 0.5) is 5.82 Å². The van der Waals surface area contributed by atoms with Crippen LogP contribution in [0.1, 0.15) is 66.8 Å². The van der Waals surface area contributed by atoms with E-state index in [-0.39, 0.29) is 5.82 Å². The molecule has 0 aliphatic heterocycles. The molecular formula is C24H31N5O2. The summed E-state index contributed by atoms with van der Waals surface area (Å²) in [7, 11) is 0. The van der Waals surface area contributed by atoms with Crippen molar-refractivity contribution in [2.75, 3.05) is 5.32 Å². The first kappa shape index (κ1) is 21.2. The molecular weight excluding hydrogens is 390 g/mol. The molecule has 0 radical (unpaired) electrons. The molecule has 1 fully saturated rings. The van der Waals surface area contributed by atoms with Crippen molar-refractivity contribution in [1.82, 2.24) is 15.0 Å². The standard InChI is InChI=1S/C24H31N5O2/c25-23(31)21(13-17-14-26-22(15-30)27-17)29-24-19(18-10-4-5-12-20(18)28-24)11-6-9-16-7-2-1-3-8-16/h4-5,10,12,14-16,21,28-29H,1-3,6-9,11,13H2,(H2,25,31)(H,26,27)/t21-/m0/s1. The summed E-state index contributed by atoms with van der Waals surface area (Å²) in [5, 5.41) is 4.51. The number of aryl methyl sites for hydroxylation is 1. The highest BCUT2D eigenvalue weighted by atomic mass is 16.1. The Bertz CT molecular complexity index is 1030. The fraction of sp³-hybridized carbons (Fsp3) is 0.458. The molecule has 7 nitrogen and oxygen atoms in total. The minimum atomic E-state index is -0.632. The molecule has 5 N–H and O–H groups in total. The zero-order valence-electron chi connectivity index (χ0n) is 17.8. The van der Waals surface area contributed by atoms with Crippen LogP contribution in [0.25, 0.3) is 10.9 Å². The van der Waals surface area contributed by atoms with Gasteiger partial charge in [-0.25, -0.2) is 4.98 Å². The number of H-pyrrole nitrogens is 2. The van der Waals surface area contributed by atoms with E-state index in [9.17, 15) is 9.59 Å². The second-order valence-corrected chi connectivity index (χ2v) is 8.62. The average Bonchev–Trinajstić information content (AvgIpc) is 3.38. The SMILES string of the molecule is NC(=O)[C@H](Cc1c[nH]c(C=O)n1)Nc1[nH]c2ccccc2c1CCCC1CCCCC1. The van der Waals surface area contributed by atoms with E-state index in [4.69, 9.17) is 5.73 Å². The zero-order chi connectivity index (χ0) is 21.6. The number of hydrogen-bond donors (Lipinski definition) is 4. The Hall–Kier alpha value is -3.09. The number of hydrogen-bond acceptors (Lipinski definition) is 4. The molecule has 1 atom stereocenters. The monoisotopic (exact) mass is 421 g/mol. The van der Waals surface area contributed by atoms with E-state index >= 15 is 0 Å². The quantitative estimate of drug-likeness (QED) is 0.368. The lowest BCUT2D eigenvalue weighted by molar-refractivity contribution is -0.118. The van der Waals surface area contributed by atoms with Crippen LogP contribution in [0.2, 0.25) is 0 Å². The topological polar surface area (TPSA) is 117 Å². The number of primary amides is 1. The molecule has 0 spiro atoms. The van der Waals surface area contributed by atoms with Gasteiger partial charge >= 0.3 is 0 Å². The highest BCUT2D eigenvalue weighted by molar-refractivity contribution is 5.90. The van der Waals surface area contributed by atoms with Gasteiger partial charge in [0.05, 0.1) is 5.69 Å². The molecule has 0 unspecified atom stereocenters. The second-order valence-electron chi connectivity index (χ2n) is 8.62. The largest absolute Gasteiger partial charge is 0.368 e. The van der Waals surface area contributed by atoms with Crippen LogP contribution in [0.3, 0.4) is 0 Å². The van der Waals surface area contributed by atoms with E-state index in [0.29, 0.717) is 18.4 Å². The lowest BCUT2D eigenvalue weighted by Gasteiger charge is -2.21. The van der Waals surface area contributed by atoms with Gasteiger partial charge in [0.1, 0.15) is 11.9 Å². The van der Waals surface area contributed by atoms with Crippen molar-refractivity contribution in [3.05, 3.63) is 47.5 Å². The summed E-state index contributed by atoms with van der Waals surface area (Å²) < 4.78 is 0. The first-order valence-corrected chi connectivity index (χ1v) is 11.3. The van der Waals surface area contributed by atoms with Crippen LogP contribution < -0.4 is 11.1 Å². The molecule has 1 aliphatic carbocycles. The second kappa shape index (κ2) is 9.81. The van der Waals surface area contributed by atoms with Crippen molar-refractivity contribution >= 4 is 28.9 Å². The van der Waals surface area contributed by atoms with E-state index in [2.05, 4.69) is 32.4 Å². The third kappa shape index (κ3) is 5.16. The van der Waals surface area contributed by atoms with Crippen LogP contribution in [-0.2, 0) is 17.6 Å². The van der Waals surface area contributed by atoms with Crippen molar-refractivity contribution in [2.45, 2.75) is 63.8 Å². The summed E-state index contributed by atoms with van der Waals surface area (Å²) >= 11 is 0. The fourth-order valence-corrected chi connectivity index (χ4v) is 4.77. The molecule has 1 aliphatic rings. The Morgan fingerprint density at radius 2 is 2.06 bits per heavy atom. The first-order chi connectivity index (χ1) is 15.1. The Balaban J connectivity index is 1.51. The van der Waals surface area contributed by atoms with Crippen LogP contribution in [0.5, 0.6) is 0 Å². The normalized spacial score (nSPS) is 15.7. The molecule has 2 aromatic heterocycles. The number of para-hydroxylation sites is 1. The number of carbonyl (C=O) groups is 2. The maximum absolute atomic E-state index is 12.2. The van der Waals surface area contributed by atoms with Gasteiger partial charge in [-0.1, -0.05) is 56.7 Å². The summed E-state index contributed by atoms with van der Waals surface area (Å²) in [4.78, 5) is 33.5. The Morgan fingerprint density at radius 1 is 1.26 bits per heavy atom. The lowest BCUT2D eigenvalue weighted by Crippen LogP contribution is -2.37. The summed E-state index contributed by atoms with van der Waals surface area (Å²) in [6.45, 7) is 0. The summed E-state index contributed by atoms with van der Waals surface area (Å²) in [6, 6.07) is 7.59. The third-order valence-electron chi connectivity index (χ3n) is 6.42. The van der Waals surface area contributed by atoms with Gasteiger partial charge in [0, 0.05) is 29.1 Å². The number of nitrogens with one attached hydrogen (secondary N) is 3. The van der Waals surface area contributed by atoms with Crippen LogP contribution in [-0.4, -0.2) is 33.2 Å². The lowest BCUT2D eigenvalue weighted by atomic mass is 9.85. The number of carbonyl (C=O) groups excluding carboxylic acids is 2. The highest BCUT2D eigenvalue weighted by Gasteiger charge is 2.21. The molecule has 1 saturated carbocycles. The van der Waals surface area contributed by atoms with Crippen molar-refractivity contribution in [3.8, 4) is 0 Å². The number of nitrogens with zero attached hydrogens (tertiary/aromatic N) is 1. The van der Waals surface area contributed by atoms with Gasteiger partial charge in [0.25, 0.3) is 0 Å². The summed E-state index contributed by atoms with van der Waals surface area (Å²) in [5.41, 5.74) is 8.56. The molecule has 31 heavy (non-hydrogen) atoms. The number of amides is 1. The maximum atomic E-state index is 12.2. The number of nitrogens with two attached hydrogens (primary N) is 1. The maximum Gasteiger partial charge on any atom is 0.240 e. The number of anilines is 1. The van der Waals surface area contributed by atoms with E-state index in [1.54, 1.807) is 6.20 Å². The van der Waals surface area contributed by atoms with Crippen LogP contribution >= 0.6 is 0 Å². The molecule has 1 aromatic carbocycles. The molecule has 7 heteroatoms. The van der Waals surface area contributed by atoms with Crippen LogP contribution in [0, 0.1) is 5.92 Å². The predicted octanol–water partition coefficient (Wildman–Crippen LogP) is 4.12. The summed E-state index contributed by atoms with van der Waals surface area (Å²) in [5.74, 6) is 1.48. The Labute approximate surface area is 182 Å². The van der Waals surface area contributed by atoms with Gasteiger partial charge in [0.2, 0.25) is 5.91 Å². The van der Waals surface area contributed by atoms with Crippen molar-refractivity contribution in [3.63, 3.8) is 0 Å². The molecule has 164 valence electrons. The van der Waals surface area contributed by atoms with Crippen molar-refractivity contribution < 1.29 is 9.59 Å². The van der Waals surface area contributed by atoms with E-state index < -0.39 is 11.9 Å². The number of rotatable bonds is 10. The zero-order valence-corrected chi connectivity index (χ0v) is 17.8. The first-order valence-electron chi connectivity index (χ1n) is 11.3. The number of aldehydes is 1. The predicted molar refractivity (Wildman–Crippen MR) is 122 cm³/mol.